The minimum absolute atomic E-state index is 0.0963. The number of halogens is 3. The molecule has 29 heavy (non-hydrogen) atoms. The van der Waals surface area contributed by atoms with E-state index >= 15 is 0 Å². The fraction of sp³-hybridized carbons (Fsp3) is 0.150. The lowest BCUT2D eigenvalue weighted by Gasteiger charge is -2.05. The van der Waals surface area contributed by atoms with Gasteiger partial charge < -0.3 is 9.73 Å². The zero-order chi connectivity index (χ0) is 21.0. The molecule has 1 heterocycles. The molecule has 0 spiro atoms. The van der Waals surface area contributed by atoms with Gasteiger partial charge in [0.2, 0.25) is 0 Å². The predicted molar refractivity (Wildman–Crippen MR) is 104 cm³/mol. The van der Waals surface area contributed by atoms with Crippen molar-refractivity contribution in [1.82, 2.24) is 5.32 Å². The molecule has 5 nitrogen and oxygen atoms in total. The van der Waals surface area contributed by atoms with Gasteiger partial charge in [-0.25, -0.2) is 17.2 Å². The van der Waals surface area contributed by atoms with Gasteiger partial charge >= 0.3 is 0 Å². The summed E-state index contributed by atoms with van der Waals surface area (Å²) in [5.74, 6) is -2.81. The van der Waals surface area contributed by atoms with Gasteiger partial charge in [-0.05, 0) is 41.5 Å². The molecule has 152 valence electrons. The number of carbonyl (C=O) groups excluding carboxylic acids is 1. The van der Waals surface area contributed by atoms with E-state index in [1.165, 1.54) is 12.1 Å². The van der Waals surface area contributed by atoms with E-state index in [9.17, 15) is 22.0 Å². The van der Waals surface area contributed by atoms with E-state index in [0.717, 1.165) is 18.2 Å². The van der Waals surface area contributed by atoms with Crippen LogP contribution >= 0.6 is 11.6 Å². The van der Waals surface area contributed by atoms with Crippen LogP contribution in [0.2, 0.25) is 5.02 Å². The largest absolute Gasteiger partial charge is 0.455 e. The minimum atomic E-state index is -3.58. The summed E-state index contributed by atoms with van der Waals surface area (Å²) in [6.07, 6.45) is 0. The SMILES string of the molecule is O=C(NCc1cc(F)cc(F)c1)c1ccc(CS(=O)(=O)Cc2ccccc2Cl)o1. The Morgan fingerprint density at radius 3 is 2.38 bits per heavy atom. The molecule has 0 radical (unpaired) electrons. The Morgan fingerprint density at radius 1 is 1.00 bits per heavy atom. The monoisotopic (exact) mass is 439 g/mol. The van der Waals surface area contributed by atoms with Crippen LogP contribution in [0.1, 0.15) is 27.4 Å². The molecule has 2 aromatic carbocycles. The Balaban J connectivity index is 1.62. The topological polar surface area (TPSA) is 76.4 Å². The van der Waals surface area contributed by atoms with Gasteiger partial charge in [0.25, 0.3) is 5.91 Å². The summed E-state index contributed by atoms with van der Waals surface area (Å²) < 4.78 is 56.4. The van der Waals surface area contributed by atoms with Gasteiger partial charge in [0.1, 0.15) is 23.1 Å². The van der Waals surface area contributed by atoms with Gasteiger partial charge in [-0.3, -0.25) is 4.79 Å². The first-order valence-electron chi connectivity index (χ1n) is 8.47. The maximum absolute atomic E-state index is 13.2. The van der Waals surface area contributed by atoms with Crippen molar-refractivity contribution in [3.8, 4) is 0 Å². The van der Waals surface area contributed by atoms with Gasteiger partial charge in [0.15, 0.2) is 15.6 Å². The first-order valence-corrected chi connectivity index (χ1v) is 10.7. The molecule has 0 bridgehead atoms. The summed E-state index contributed by atoms with van der Waals surface area (Å²) in [6.45, 7) is -0.117. The third kappa shape index (κ3) is 5.88. The van der Waals surface area contributed by atoms with E-state index in [1.807, 2.05) is 0 Å². The van der Waals surface area contributed by atoms with Gasteiger partial charge in [-0.2, -0.15) is 0 Å². The second kappa shape index (κ2) is 8.75. The Hall–Kier alpha value is -2.71. The predicted octanol–water partition coefficient (Wildman–Crippen LogP) is 4.26. The molecular formula is C20H16ClF2NO4S. The van der Waals surface area contributed by atoms with Crippen LogP contribution in [0.15, 0.2) is 59.0 Å². The summed E-state index contributed by atoms with van der Waals surface area (Å²) in [7, 11) is -3.58. The molecule has 9 heteroatoms. The zero-order valence-corrected chi connectivity index (χ0v) is 16.6. The van der Waals surface area contributed by atoms with E-state index in [4.69, 9.17) is 16.0 Å². The van der Waals surface area contributed by atoms with Crippen LogP contribution in [0.4, 0.5) is 8.78 Å². The lowest BCUT2D eigenvalue weighted by molar-refractivity contribution is 0.0921. The van der Waals surface area contributed by atoms with Gasteiger partial charge in [0, 0.05) is 17.6 Å². The number of nitrogens with one attached hydrogen (secondary N) is 1. The first-order chi connectivity index (χ1) is 13.7. The van der Waals surface area contributed by atoms with Gasteiger partial charge in [-0.1, -0.05) is 29.8 Å². The number of benzene rings is 2. The molecule has 0 aliphatic carbocycles. The highest BCUT2D eigenvalue weighted by molar-refractivity contribution is 7.89. The van der Waals surface area contributed by atoms with Crippen LogP contribution < -0.4 is 5.32 Å². The van der Waals surface area contributed by atoms with Crippen LogP contribution in [0.3, 0.4) is 0 Å². The second-order valence-electron chi connectivity index (χ2n) is 6.35. The highest BCUT2D eigenvalue weighted by Crippen LogP contribution is 2.20. The van der Waals surface area contributed by atoms with Gasteiger partial charge in [0.05, 0.1) is 5.75 Å². The maximum atomic E-state index is 13.2. The molecule has 1 aromatic heterocycles. The fourth-order valence-corrected chi connectivity index (χ4v) is 4.38. The molecule has 0 atom stereocenters. The molecule has 1 N–H and O–H groups in total. The smallest absolute Gasteiger partial charge is 0.287 e. The number of hydrogen-bond acceptors (Lipinski definition) is 4. The van der Waals surface area contributed by atoms with E-state index in [1.54, 1.807) is 24.3 Å². The Bertz CT molecular complexity index is 1120. The molecule has 3 rings (SSSR count). The van der Waals surface area contributed by atoms with Crippen LogP contribution in [0.5, 0.6) is 0 Å². The van der Waals surface area contributed by atoms with Crippen molar-refractivity contribution in [2.24, 2.45) is 0 Å². The first kappa shape index (κ1) is 21.0. The van der Waals surface area contributed by atoms with Crippen LogP contribution in [0, 0.1) is 11.6 Å². The molecule has 0 unspecified atom stereocenters. The second-order valence-corrected chi connectivity index (χ2v) is 8.82. The van der Waals surface area contributed by atoms with Crippen molar-refractivity contribution in [3.63, 3.8) is 0 Å². The van der Waals surface area contributed by atoms with Crippen LogP contribution in [0.25, 0.3) is 0 Å². The maximum Gasteiger partial charge on any atom is 0.287 e. The van der Waals surface area contributed by atoms with Crippen molar-refractivity contribution in [2.75, 3.05) is 0 Å². The number of amides is 1. The summed E-state index contributed by atoms with van der Waals surface area (Å²) >= 11 is 6.00. The molecule has 0 saturated carbocycles. The molecule has 0 aliphatic rings. The quantitative estimate of drug-likeness (QED) is 0.597. The molecule has 0 aliphatic heterocycles. The average Bonchev–Trinajstić information content (AvgIpc) is 3.08. The molecule has 1 amide bonds. The summed E-state index contributed by atoms with van der Waals surface area (Å²) in [5, 5.41) is 2.81. The van der Waals surface area contributed by atoms with Gasteiger partial charge in [-0.15, -0.1) is 0 Å². The van der Waals surface area contributed by atoms with E-state index < -0.39 is 33.1 Å². The van der Waals surface area contributed by atoms with E-state index in [0.29, 0.717) is 10.6 Å². The summed E-state index contributed by atoms with van der Waals surface area (Å²) in [4.78, 5) is 12.1. The fourth-order valence-electron chi connectivity index (χ4n) is 2.68. The summed E-state index contributed by atoms with van der Waals surface area (Å²) in [5.41, 5.74) is 0.714. The Labute approximate surface area is 171 Å². The molecule has 3 aromatic rings. The van der Waals surface area contributed by atoms with E-state index in [-0.39, 0.29) is 29.4 Å². The normalized spacial score (nSPS) is 11.4. The number of carbonyl (C=O) groups is 1. The molecular weight excluding hydrogens is 424 g/mol. The lowest BCUT2D eigenvalue weighted by Crippen LogP contribution is -2.22. The highest BCUT2D eigenvalue weighted by atomic mass is 35.5. The zero-order valence-electron chi connectivity index (χ0n) is 15.0. The van der Waals surface area contributed by atoms with Crippen molar-refractivity contribution < 1.29 is 26.4 Å². The lowest BCUT2D eigenvalue weighted by atomic mass is 10.2. The van der Waals surface area contributed by atoms with Crippen LogP contribution in [-0.2, 0) is 27.9 Å². The number of rotatable bonds is 7. The third-order valence-electron chi connectivity index (χ3n) is 3.96. The van der Waals surface area contributed by atoms with Crippen molar-refractivity contribution >= 4 is 27.3 Å². The standard InChI is InChI=1S/C20H16ClF2NO4S/c21-18-4-2-1-3-14(18)11-29(26,27)12-17-5-6-19(28-17)20(25)24-10-13-7-15(22)9-16(23)8-13/h1-9H,10-12H2,(H,24,25). The van der Waals surface area contributed by atoms with Crippen molar-refractivity contribution in [2.45, 2.75) is 18.1 Å². The number of hydrogen-bond donors (Lipinski definition) is 1. The molecule has 0 fully saturated rings. The average molecular weight is 440 g/mol. The van der Waals surface area contributed by atoms with E-state index in [2.05, 4.69) is 5.32 Å². The Morgan fingerprint density at radius 2 is 1.69 bits per heavy atom. The van der Waals surface area contributed by atoms with Crippen molar-refractivity contribution in [3.05, 3.63) is 93.9 Å². The number of furan rings is 1. The highest BCUT2D eigenvalue weighted by Gasteiger charge is 2.19. The summed E-state index contributed by atoms with van der Waals surface area (Å²) in [6, 6.07) is 12.3. The Kier molecular flexibility index (Phi) is 6.34. The third-order valence-corrected chi connectivity index (χ3v) is 5.80. The number of sulfone groups is 1. The minimum Gasteiger partial charge on any atom is -0.455 e. The molecule has 0 saturated heterocycles. The van der Waals surface area contributed by atoms with Crippen LogP contribution in [-0.4, -0.2) is 14.3 Å². The van der Waals surface area contributed by atoms with Crippen molar-refractivity contribution in [1.29, 1.82) is 0 Å².